The molecule has 0 unspecified atom stereocenters. The number of thioether (sulfide) groups is 1. The molecule has 2 heterocycles. The molecule has 0 saturated carbocycles. The summed E-state index contributed by atoms with van der Waals surface area (Å²) in [6.07, 6.45) is 6.05. The standard InChI is InChI=1S/C16H17N3OS/c20-15(8-12-21-16-17-9-4-10-18-16)19-11-3-6-13-5-1-2-7-14(13)19/h1-2,4-5,7,9-10H,3,6,8,11-12H2. The smallest absolute Gasteiger partial charge is 0.227 e. The monoisotopic (exact) mass is 299 g/mol. The zero-order chi connectivity index (χ0) is 14.5. The molecular formula is C16H17N3OS. The van der Waals surface area contributed by atoms with Gasteiger partial charge in [0.05, 0.1) is 0 Å². The lowest BCUT2D eigenvalue weighted by Gasteiger charge is -2.29. The van der Waals surface area contributed by atoms with Crippen LogP contribution in [0.25, 0.3) is 0 Å². The molecule has 4 nitrogen and oxygen atoms in total. The molecule has 0 radical (unpaired) electrons. The van der Waals surface area contributed by atoms with Crippen LogP contribution in [0.5, 0.6) is 0 Å². The van der Waals surface area contributed by atoms with Gasteiger partial charge in [-0.2, -0.15) is 0 Å². The number of fused-ring (bicyclic) bond motifs is 1. The molecule has 1 aromatic carbocycles. The first-order chi connectivity index (χ1) is 10.3. The number of hydrogen-bond donors (Lipinski definition) is 0. The van der Waals surface area contributed by atoms with E-state index < -0.39 is 0 Å². The second-order valence-corrected chi connectivity index (χ2v) is 5.97. The Bertz CT molecular complexity index is 618. The predicted molar refractivity (Wildman–Crippen MR) is 84.5 cm³/mol. The Kier molecular flexibility index (Phi) is 4.50. The van der Waals surface area contributed by atoms with Gasteiger partial charge in [-0.05, 0) is 30.5 Å². The van der Waals surface area contributed by atoms with Gasteiger partial charge in [-0.3, -0.25) is 4.79 Å². The number of carbonyl (C=O) groups excluding carboxylic acids is 1. The number of nitrogens with zero attached hydrogens (tertiary/aromatic N) is 3. The average molecular weight is 299 g/mol. The number of para-hydroxylation sites is 1. The lowest BCUT2D eigenvalue weighted by Crippen LogP contribution is -2.35. The van der Waals surface area contributed by atoms with Crippen molar-refractivity contribution in [2.45, 2.75) is 24.4 Å². The van der Waals surface area contributed by atoms with Gasteiger partial charge < -0.3 is 4.90 Å². The quantitative estimate of drug-likeness (QED) is 0.643. The van der Waals surface area contributed by atoms with Crippen LogP contribution in [0.3, 0.4) is 0 Å². The number of rotatable bonds is 4. The Balaban J connectivity index is 1.59. The minimum atomic E-state index is 0.186. The lowest BCUT2D eigenvalue weighted by molar-refractivity contribution is -0.118. The molecule has 0 N–H and O–H groups in total. The lowest BCUT2D eigenvalue weighted by atomic mass is 10.0. The van der Waals surface area contributed by atoms with Gasteiger partial charge in [0.25, 0.3) is 0 Å². The van der Waals surface area contributed by atoms with Crippen molar-refractivity contribution in [3.63, 3.8) is 0 Å². The van der Waals surface area contributed by atoms with E-state index in [9.17, 15) is 4.79 Å². The highest BCUT2D eigenvalue weighted by atomic mass is 32.2. The van der Waals surface area contributed by atoms with E-state index in [2.05, 4.69) is 16.0 Å². The number of anilines is 1. The fourth-order valence-corrected chi connectivity index (χ4v) is 3.25. The molecule has 108 valence electrons. The van der Waals surface area contributed by atoms with Crippen molar-refractivity contribution in [1.29, 1.82) is 0 Å². The van der Waals surface area contributed by atoms with Gasteiger partial charge in [0, 0.05) is 36.8 Å². The molecule has 0 atom stereocenters. The van der Waals surface area contributed by atoms with Gasteiger partial charge in [0.15, 0.2) is 5.16 Å². The number of hydrogen-bond acceptors (Lipinski definition) is 4. The predicted octanol–water partition coefficient (Wildman–Crippen LogP) is 2.94. The highest BCUT2D eigenvalue weighted by molar-refractivity contribution is 7.99. The molecule has 21 heavy (non-hydrogen) atoms. The fraction of sp³-hybridized carbons (Fsp3) is 0.312. The summed E-state index contributed by atoms with van der Waals surface area (Å²) in [5, 5.41) is 0.726. The highest BCUT2D eigenvalue weighted by Crippen LogP contribution is 2.27. The summed E-state index contributed by atoms with van der Waals surface area (Å²) in [7, 11) is 0. The topological polar surface area (TPSA) is 46.1 Å². The van der Waals surface area contributed by atoms with Crippen molar-refractivity contribution in [2.24, 2.45) is 0 Å². The van der Waals surface area contributed by atoms with Gasteiger partial charge in [-0.15, -0.1) is 0 Å². The summed E-state index contributed by atoms with van der Waals surface area (Å²) in [5.41, 5.74) is 2.35. The number of carbonyl (C=O) groups is 1. The molecule has 0 aliphatic carbocycles. The van der Waals surface area contributed by atoms with Gasteiger partial charge in [-0.25, -0.2) is 9.97 Å². The molecule has 3 rings (SSSR count). The van der Waals surface area contributed by atoms with Crippen molar-refractivity contribution in [1.82, 2.24) is 9.97 Å². The van der Waals surface area contributed by atoms with Crippen molar-refractivity contribution >= 4 is 23.4 Å². The fourth-order valence-electron chi connectivity index (χ4n) is 2.52. The molecule has 5 heteroatoms. The summed E-state index contributed by atoms with van der Waals surface area (Å²) in [4.78, 5) is 22.6. The van der Waals surface area contributed by atoms with E-state index in [0.29, 0.717) is 12.2 Å². The summed E-state index contributed by atoms with van der Waals surface area (Å²) in [6, 6.07) is 9.98. The highest BCUT2D eigenvalue weighted by Gasteiger charge is 2.21. The number of amides is 1. The van der Waals surface area contributed by atoms with Crippen LogP contribution < -0.4 is 4.90 Å². The number of aromatic nitrogens is 2. The first-order valence-electron chi connectivity index (χ1n) is 7.13. The second-order valence-electron chi connectivity index (χ2n) is 4.91. The molecule has 1 amide bonds. The van der Waals surface area contributed by atoms with Gasteiger partial charge in [0.2, 0.25) is 5.91 Å². The average Bonchev–Trinajstić information content (AvgIpc) is 2.55. The second kappa shape index (κ2) is 6.72. The third-order valence-corrected chi connectivity index (χ3v) is 4.38. The first-order valence-corrected chi connectivity index (χ1v) is 8.11. The van der Waals surface area contributed by atoms with E-state index in [1.54, 1.807) is 18.5 Å². The van der Waals surface area contributed by atoms with Gasteiger partial charge in [-0.1, -0.05) is 30.0 Å². The summed E-state index contributed by atoms with van der Waals surface area (Å²) < 4.78 is 0. The molecule has 1 aliphatic heterocycles. The largest absolute Gasteiger partial charge is 0.312 e. The van der Waals surface area contributed by atoms with Crippen LogP contribution in [0, 0.1) is 0 Å². The Morgan fingerprint density at radius 1 is 1.19 bits per heavy atom. The first kappa shape index (κ1) is 14.1. The van der Waals surface area contributed by atoms with Gasteiger partial charge in [0.1, 0.15) is 0 Å². The van der Waals surface area contributed by atoms with Crippen LogP contribution in [0.1, 0.15) is 18.4 Å². The van der Waals surface area contributed by atoms with Crippen LogP contribution in [-0.2, 0) is 11.2 Å². The molecule has 0 fully saturated rings. The molecule has 0 bridgehead atoms. The van der Waals surface area contributed by atoms with Crippen LogP contribution >= 0.6 is 11.8 Å². The van der Waals surface area contributed by atoms with E-state index in [-0.39, 0.29) is 5.91 Å². The van der Waals surface area contributed by atoms with E-state index >= 15 is 0 Å². The molecular weight excluding hydrogens is 282 g/mol. The maximum atomic E-state index is 12.4. The van der Waals surface area contributed by atoms with Crippen LogP contribution in [0.4, 0.5) is 5.69 Å². The van der Waals surface area contributed by atoms with Gasteiger partial charge >= 0.3 is 0 Å². The SMILES string of the molecule is O=C(CCSc1ncccn1)N1CCCc2ccccc21. The third kappa shape index (κ3) is 3.42. The zero-order valence-electron chi connectivity index (χ0n) is 11.7. The molecule has 0 spiro atoms. The summed E-state index contributed by atoms with van der Waals surface area (Å²) in [5.74, 6) is 0.896. The summed E-state index contributed by atoms with van der Waals surface area (Å²) in [6.45, 7) is 0.822. The normalized spacial score (nSPS) is 13.8. The van der Waals surface area contributed by atoms with Crippen molar-refractivity contribution in [3.8, 4) is 0 Å². The molecule has 2 aromatic rings. The Morgan fingerprint density at radius 3 is 2.86 bits per heavy atom. The Labute approximate surface area is 128 Å². The Morgan fingerprint density at radius 2 is 2.00 bits per heavy atom. The summed E-state index contributed by atoms with van der Waals surface area (Å²) >= 11 is 1.52. The molecule has 1 aromatic heterocycles. The Hall–Kier alpha value is -1.88. The minimum absolute atomic E-state index is 0.186. The maximum absolute atomic E-state index is 12.4. The van der Waals surface area contributed by atoms with E-state index in [0.717, 1.165) is 30.2 Å². The molecule has 0 saturated heterocycles. The van der Waals surface area contributed by atoms with Crippen molar-refractivity contribution in [3.05, 3.63) is 48.3 Å². The number of benzene rings is 1. The minimum Gasteiger partial charge on any atom is -0.312 e. The molecule has 1 aliphatic rings. The van der Waals surface area contributed by atoms with E-state index in [4.69, 9.17) is 0 Å². The number of aryl methyl sites for hydroxylation is 1. The maximum Gasteiger partial charge on any atom is 0.227 e. The third-order valence-electron chi connectivity index (χ3n) is 3.50. The van der Waals surface area contributed by atoms with E-state index in [1.165, 1.54) is 17.3 Å². The van der Waals surface area contributed by atoms with Crippen molar-refractivity contribution < 1.29 is 4.79 Å². The van der Waals surface area contributed by atoms with Crippen molar-refractivity contribution in [2.75, 3.05) is 17.2 Å². The van der Waals surface area contributed by atoms with E-state index in [1.807, 2.05) is 23.1 Å². The van der Waals surface area contributed by atoms with Crippen LogP contribution in [0.15, 0.2) is 47.9 Å². The zero-order valence-corrected chi connectivity index (χ0v) is 12.6. The van der Waals surface area contributed by atoms with Crippen LogP contribution in [-0.4, -0.2) is 28.2 Å². The van der Waals surface area contributed by atoms with Crippen LogP contribution in [0.2, 0.25) is 0 Å².